The van der Waals surface area contributed by atoms with E-state index in [1.54, 1.807) is 55.5 Å². The summed E-state index contributed by atoms with van der Waals surface area (Å²) >= 11 is 18.6. The molecule has 3 aromatic carbocycles. The Morgan fingerprint density at radius 1 is 0.889 bits per heavy atom. The minimum atomic E-state index is -4.17. The van der Waals surface area contributed by atoms with E-state index in [1.165, 1.54) is 36.2 Å². The average molecular weight is 569 g/mol. The van der Waals surface area contributed by atoms with Gasteiger partial charge in [0, 0.05) is 34.2 Å². The van der Waals surface area contributed by atoms with Crippen molar-refractivity contribution in [3.8, 4) is 0 Å². The molecule has 0 unspecified atom stereocenters. The molecule has 0 spiro atoms. The number of anilines is 1. The van der Waals surface area contributed by atoms with Crippen LogP contribution in [0.25, 0.3) is 0 Å². The minimum absolute atomic E-state index is 0.0383. The van der Waals surface area contributed by atoms with E-state index in [1.807, 2.05) is 0 Å². The van der Waals surface area contributed by atoms with E-state index in [9.17, 15) is 18.0 Å². The number of likely N-dealkylation sites (N-methyl/N-ethyl adjacent to an activating group) is 1. The Morgan fingerprint density at radius 2 is 1.47 bits per heavy atom. The summed E-state index contributed by atoms with van der Waals surface area (Å²) in [6, 6.07) is 17.8. The lowest BCUT2D eigenvalue weighted by molar-refractivity contribution is -0.139. The molecule has 0 aliphatic rings. The van der Waals surface area contributed by atoms with E-state index in [4.69, 9.17) is 34.8 Å². The maximum atomic E-state index is 13.7. The van der Waals surface area contributed by atoms with Crippen LogP contribution in [-0.4, -0.2) is 44.8 Å². The van der Waals surface area contributed by atoms with Crippen LogP contribution in [0, 0.1) is 0 Å². The summed E-state index contributed by atoms with van der Waals surface area (Å²) < 4.78 is 28.2. The van der Waals surface area contributed by atoms with Gasteiger partial charge in [0.1, 0.15) is 12.6 Å². The second kappa shape index (κ2) is 12.0. The van der Waals surface area contributed by atoms with Crippen LogP contribution >= 0.6 is 34.8 Å². The van der Waals surface area contributed by atoms with Gasteiger partial charge >= 0.3 is 0 Å². The highest BCUT2D eigenvalue weighted by Gasteiger charge is 2.32. The molecule has 0 aromatic heterocycles. The van der Waals surface area contributed by atoms with Gasteiger partial charge in [-0.05, 0) is 55.5 Å². The molecule has 0 fully saturated rings. The first-order valence-corrected chi connectivity index (χ1v) is 13.4. The zero-order chi connectivity index (χ0) is 26.5. The van der Waals surface area contributed by atoms with E-state index in [0.717, 1.165) is 4.31 Å². The molecule has 0 aliphatic carbocycles. The number of nitrogens with zero attached hydrogens (tertiary/aromatic N) is 2. The smallest absolute Gasteiger partial charge is 0.264 e. The summed E-state index contributed by atoms with van der Waals surface area (Å²) in [6.45, 7) is 0.871. The van der Waals surface area contributed by atoms with Gasteiger partial charge in [0.05, 0.1) is 10.6 Å². The molecular weight excluding hydrogens is 545 g/mol. The number of hydrogen-bond acceptors (Lipinski definition) is 4. The number of para-hydroxylation sites is 1. The fourth-order valence-electron chi connectivity index (χ4n) is 3.50. The number of amides is 2. The molecule has 0 radical (unpaired) electrons. The number of rotatable bonds is 9. The normalized spacial score (nSPS) is 12.0. The fraction of sp³-hybridized carbons (Fsp3) is 0.200. The summed E-state index contributed by atoms with van der Waals surface area (Å²) in [5.74, 6) is -1.05. The van der Waals surface area contributed by atoms with Gasteiger partial charge in [-0.3, -0.25) is 13.9 Å². The quantitative estimate of drug-likeness (QED) is 0.393. The summed E-state index contributed by atoms with van der Waals surface area (Å²) in [7, 11) is -2.72. The molecule has 1 atom stereocenters. The summed E-state index contributed by atoms with van der Waals surface area (Å²) in [6.07, 6.45) is 0. The molecule has 0 saturated heterocycles. The summed E-state index contributed by atoms with van der Waals surface area (Å²) in [4.78, 5) is 27.4. The number of hydrogen-bond donors (Lipinski definition) is 1. The molecule has 3 rings (SSSR count). The third kappa shape index (κ3) is 6.31. The van der Waals surface area contributed by atoms with Crippen LogP contribution in [-0.2, 0) is 26.2 Å². The Hall–Kier alpha value is -2.78. The van der Waals surface area contributed by atoms with Crippen LogP contribution in [0.3, 0.4) is 0 Å². The maximum Gasteiger partial charge on any atom is 0.264 e. The SMILES string of the molecule is CNC(=O)[C@H](C)N(Cc1c(Cl)cccc1Cl)C(=O)CN(c1ccccc1)S(=O)(=O)c1ccc(Cl)cc1. The highest BCUT2D eigenvalue weighted by Crippen LogP contribution is 2.28. The molecule has 36 heavy (non-hydrogen) atoms. The van der Waals surface area contributed by atoms with Crippen LogP contribution in [0.5, 0.6) is 0 Å². The molecule has 0 saturated carbocycles. The molecule has 11 heteroatoms. The number of carbonyl (C=O) groups is 2. The lowest BCUT2D eigenvalue weighted by atomic mass is 10.1. The fourth-order valence-corrected chi connectivity index (χ4v) is 5.56. The van der Waals surface area contributed by atoms with Crippen molar-refractivity contribution in [3.63, 3.8) is 0 Å². The highest BCUT2D eigenvalue weighted by molar-refractivity contribution is 7.92. The Labute approximate surface area is 225 Å². The Balaban J connectivity index is 2.04. The zero-order valence-corrected chi connectivity index (χ0v) is 22.6. The number of halogens is 3. The van der Waals surface area contributed by atoms with Crippen LogP contribution in [0.4, 0.5) is 5.69 Å². The van der Waals surface area contributed by atoms with Gasteiger partial charge in [-0.15, -0.1) is 0 Å². The monoisotopic (exact) mass is 567 g/mol. The molecule has 190 valence electrons. The Morgan fingerprint density at radius 3 is 2.03 bits per heavy atom. The lowest BCUT2D eigenvalue weighted by Gasteiger charge is -2.32. The first-order valence-electron chi connectivity index (χ1n) is 10.8. The van der Waals surface area contributed by atoms with Crippen LogP contribution in [0.15, 0.2) is 77.7 Å². The summed E-state index contributed by atoms with van der Waals surface area (Å²) in [5.41, 5.74) is 0.723. The van der Waals surface area contributed by atoms with E-state index < -0.39 is 34.4 Å². The van der Waals surface area contributed by atoms with Gasteiger partial charge in [0.15, 0.2) is 0 Å². The zero-order valence-electron chi connectivity index (χ0n) is 19.5. The van der Waals surface area contributed by atoms with E-state index in [2.05, 4.69) is 5.32 Å². The second-order valence-corrected chi connectivity index (χ2v) is 10.9. The van der Waals surface area contributed by atoms with Crippen molar-refractivity contribution in [2.45, 2.75) is 24.4 Å². The predicted molar refractivity (Wildman–Crippen MR) is 143 cm³/mol. The first-order chi connectivity index (χ1) is 17.1. The van der Waals surface area contributed by atoms with Crippen LogP contribution < -0.4 is 9.62 Å². The van der Waals surface area contributed by atoms with Gasteiger partial charge in [0.2, 0.25) is 11.8 Å². The van der Waals surface area contributed by atoms with E-state index in [0.29, 0.717) is 20.6 Å². The number of sulfonamides is 1. The molecule has 0 bridgehead atoms. The van der Waals surface area contributed by atoms with Gasteiger partial charge < -0.3 is 10.2 Å². The third-order valence-corrected chi connectivity index (χ3v) is 8.28. The van der Waals surface area contributed by atoms with Gasteiger partial charge in [-0.25, -0.2) is 8.42 Å². The van der Waals surface area contributed by atoms with E-state index >= 15 is 0 Å². The number of benzene rings is 3. The van der Waals surface area contributed by atoms with Gasteiger partial charge in [-0.2, -0.15) is 0 Å². The van der Waals surface area contributed by atoms with E-state index in [-0.39, 0.29) is 17.1 Å². The van der Waals surface area contributed by atoms with Crippen molar-refractivity contribution in [1.82, 2.24) is 10.2 Å². The van der Waals surface area contributed by atoms with Crippen molar-refractivity contribution in [2.75, 3.05) is 17.9 Å². The standard InChI is InChI=1S/C25H24Cl3N3O4S/c1-17(25(33)29-2)30(15-21-22(27)9-6-10-23(21)28)24(32)16-31(19-7-4-3-5-8-19)36(34,35)20-13-11-18(26)12-14-20/h3-14,17H,15-16H2,1-2H3,(H,29,33)/t17-/m0/s1. The minimum Gasteiger partial charge on any atom is -0.357 e. The predicted octanol–water partition coefficient (Wildman–Crippen LogP) is 5.01. The molecule has 7 nitrogen and oxygen atoms in total. The van der Waals surface area contributed by atoms with Crippen molar-refractivity contribution in [2.24, 2.45) is 0 Å². The molecule has 2 amide bonds. The summed E-state index contributed by atoms with van der Waals surface area (Å²) in [5, 5.41) is 3.53. The van der Waals surface area contributed by atoms with Crippen molar-refractivity contribution in [1.29, 1.82) is 0 Å². The maximum absolute atomic E-state index is 13.7. The molecule has 3 aromatic rings. The first kappa shape index (κ1) is 27.8. The van der Waals surface area contributed by atoms with Crippen LogP contribution in [0.1, 0.15) is 12.5 Å². The highest BCUT2D eigenvalue weighted by atomic mass is 35.5. The van der Waals surface area contributed by atoms with Crippen molar-refractivity contribution >= 4 is 62.3 Å². The molecule has 0 aliphatic heterocycles. The lowest BCUT2D eigenvalue weighted by Crippen LogP contribution is -2.50. The number of nitrogens with one attached hydrogen (secondary N) is 1. The third-order valence-electron chi connectivity index (χ3n) is 5.53. The largest absolute Gasteiger partial charge is 0.357 e. The Bertz CT molecular complexity index is 1320. The van der Waals surface area contributed by atoms with Crippen molar-refractivity contribution in [3.05, 3.63) is 93.4 Å². The van der Waals surface area contributed by atoms with Crippen molar-refractivity contribution < 1.29 is 18.0 Å². The molecule has 1 N–H and O–H groups in total. The van der Waals surface area contributed by atoms with Gasteiger partial charge in [-0.1, -0.05) is 59.1 Å². The topological polar surface area (TPSA) is 86.8 Å². The molecule has 0 heterocycles. The second-order valence-electron chi connectivity index (χ2n) is 7.81. The Kier molecular flexibility index (Phi) is 9.24. The van der Waals surface area contributed by atoms with Gasteiger partial charge in [0.25, 0.3) is 10.0 Å². The molecular formula is C25H24Cl3N3O4S. The average Bonchev–Trinajstić information content (AvgIpc) is 2.86. The number of carbonyl (C=O) groups excluding carboxylic acids is 2. The van der Waals surface area contributed by atoms with Crippen LogP contribution in [0.2, 0.25) is 15.1 Å².